The number of allylic oxidation sites excluding steroid dienone is 1. The highest BCUT2D eigenvalue weighted by Crippen LogP contribution is 2.38. The summed E-state index contributed by atoms with van der Waals surface area (Å²) in [6, 6.07) is -0.883. The van der Waals surface area contributed by atoms with Crippen LogP contribution in [0.5, 0.6) is 0 Å². The quantitative estimate of drug-likeness (QED) is 0.0272. The van der Waals surface area contributed by atoms with E-state index in [0.717, 1.165) is 38.5 Å². The number of amides is 1. The first-order valence-electron chi connectivity index (χ1n) is 33.1. The van der Waals surface area contributed by atoms with E-state index in [1.807, 2.05) is 27.2 Å². The van der Waals surface area contributed by atoms with Crippen LogP contribution in [0.3, 0.4) is 0 Å². The Morgan fingerprint density at radius 1 is 0.459 bits per heavy atom. The van der Waals surface area contributed by atoms with Crippen molar-refractivity contribution in [2.75, 3.05) is 40.9 Å². The molecule has 0 fully saturated rings. The summed E-state index contributed by atoms with van der Waals surface area (Å²) in [7, 11) is 1.28. The van der Waals surface area contributed by atoms with Crippen molar-refractivity contribution in [3.63, 3.8) is 0 Å². The SMILES string of the molecule is CCCCCCCCCCCCCCCCCCCCCCCC/C=C/C(O)C(COP(=O)([O-])OCC[N+](C)(C)C)NC(=O)CCCCCCCCCCCCCCCCCCCCCCCCCCCCCC. The fourth-order valence-electron chi connectivity index (χ4n) is 10.3. The minimum absolute atomic E-state index is 0.00292. The molecular weight excluding hydrogens is 936 g/mol. The first-order chi connectivity index (χ1) is 36.0. The number of quaternary nitrogens is 1. The fraction of sp³-hybridized carbons (Fsp3) is 0.954. The Morgan fingerprint density at radius 3 is 1.01 bits per heavy atom. The summed E-state index contributed by atoms with van der Waals surface area (Å²) >= 11 is 0. The lowest BCUT2D eigenvalue weighted by Crippen LogP contribution is -2.45. The summed E-state index contributed by atoms with van der Waals surface area (Å²) in [5, 5.41) is 14.0. The number of nitrogens with zero attached hydrogens (tertiary/aromatic N) is 1. The Balaban J connectivity index is 4.07. The maximum Gasteiger partial charge on any atom is 0.268 e. The summed E-state index contributed by atoms with van der Waals surface area (Å²) in [6.07, 6.45) is 71.7. The van der Waals surface area contributed by atoms with Crippen molar-refractivity contribution in [1.82, 2.24) is 5.32 Å². The van der Waals surface area contributed by atoms with E-state index in [1.165, 1.54) is 289 Å². The van der Waals surface area contributed by atoms with E-state index in [9.17, 15) is 19.4 Å². The summed E-state index contributed by atoms with van der Waals surface area (Å²) in [4.78, 5) is 25.6. The van der Waals surface area contributed by atoms with Crippen LogP contribution in [0.2, 0.25) is 0 Å². The number of hydrogen-bond donors (Lipinski definition) is 2. The number of nitrogens with one attached hydrogen (secondary N) is 1. The number of phosphoric ester groups is 1. The minimum Gasteiger partial charge on any atom is -0.756 e. The lowest BCUT2D eigenvalue weighted by atomic mass is 10.0. The third-order valence-corrected chi connectivity index (χ3v) is 16.5. The molecule has 1 amide bonds. The monoisotopic (exact) mass is 1070 g/mol. The average Bonchev–Trinajstić information content (AvgIpc) is 3.36. The maximum atomic E-state index is 13.0. The number of likely N-dealkylation sites (N-methyl/N-ethyl adjacent to an activating group) is 1. The molecule has 0 radical (unpaired) electrons. The molecule has 0 spiro atoms. The van der Waals surface area contributed by atoms with Crippen molar-refractivity contribution in [1.29, 1.82) is 0 Å². The van der Waals surface area contributed by atoms with Crippen LogP contribution in [0, 0.1) is 0 Å². The Labute approximate surface area is 462 Å². The van der Waals surface area contributed by atoms with Gasteiger partial charge in [-0.05, 0) is 19.3 Å². The van der Waals surface area contributed by atoms with E-state index < -0.39 is 20.0 Å². The second-order valence-electron chi connectivity index (χ2n) is 24.2. The van der Waals surface area contributed by atoms with Gasteiger partial charge in [0.25, 0.3) is 7.82 Å². The summed E-state index contributed by atoms with van der Waals surface area (Å²) in [6.45, 7) is 4.72. The van der Waals surface area contributed by atoms with Crippen LogP contribution in [-0.2, 0) is 18.4 Å². The van der Waals surface area contributed by atoms with Crippen molar-refractivity contribution >= 4 is 13.7 Å². The van der Waals surface area contributed by atoms with Crippen LogP contribution >= 0.6 is 7.82 Å². The Hall–Kier alpha value is -0.760. The summed E-state index contributed by atoms with van der Waals surface area (Å²) in [5.74, 6) is -0.188. The third-order valence-electron chi connectivity index (χ3n) is 15.5. The van der Waals surface area contributed by atoms with Crippen LogP contribution in [0.15, 0.2) is 12.2 Å². The molecule has 0 saturated heterocycles. The van der Waals surface area contributed by atoms with E-state index in [4.69, 9.17) is 9.05 Å². The molecule has 8 nitrogen and oxygen atoms in total. The molecule has 0 aliphatic heterocycles. The molecule has 3 atom stereocenters. The molecule has 74 heavy (non-hydrogen) atoms. The van der Waals surface area contributed by atoms with Crippen LogP contribution in [0.4, 0.5) is 0 Å². The van der Waals surface area contributed by atoms with Crippen molar-refractivity contribution in [2.24, 2.45) is 0 Å². The molecule has 0 rings (SSSR count). The first-order valence-corrected chi connectivity index (χ1v) is 34.5. The minimum atomic E-state index is -4.60. The Kier molecular flexibility index (Phi) is 56.4. The van der Waals surface area contributed by atoms with Gasteiger partial charge >= 0.3 is 0 Å². The van der Waals surface area contributed by atoms with Crippen LogP contribution in [0.25, 0.3) is 0 Å². The molecule has 0 saturated carbocycles. The molecule has 3 unspecified atom stereocenters. The van der Waals surface area contributed by atoms with Crippen molar-refractivity contribution in [3.8, 4) is 0 Å². The summed E-state index contributed by atoms with van der Waals surface area (Å²) in [5.41, 5.74) is 0. The maximum absolute atomic E-state index is 13.0. The van der Waals surface area contributed by atoms with E-state index in [2.05, 4.69) is 19.2 Å². The van der Waals surface area contributed by atoms with Crippen LogP contribution < -0.4 is 10.2 Å². The highest BCUT2D eigenvalue weighted by atomic mass is 31.2. The first kappa shape index (κ1) is 73.2. The number of carbonyl (C=O) groups excluding carboxylic acids is 1. The molecule has 0 aromatic carbocycles. The zero-order chi connectivity index (χ0) is 54.2. The van der Waals surface area contributed by atoms with Crippen molar-refractivity contribution in [2.45, 2.75) is 360 Å². The number of unbranched alkanes of at least 4 members (excludes halogenated alkanes) is 49. The highest BCUT2D eigenvalue weighted by Gasteiger charge is 2.23. The average molecular weight is 1070 g/mol. The van der Waals surface area contributed by atoms with Gasteiger partial charge in [-0.1, -0.05) is 334 Å². The van der Waals surface area contributed by atoms with E-state index in [0.29, 0.717) is 17.4 Å². The molecule has 0 aliphatic rings. The summed E-state index contributed by atoms with van der Waals surface area (Å²) < 4.78 is 23.4. The van der Waals surface area contributed by atoms with Gasteiger partial charge in [-0.2, -0.15) is 0 Å². The normalized spacial score (nSPS) is 13.8. The number of aliphatic hydroxyl groups is 1. The van der Waals surface area contributed by atoms with Gasteiger partial charge in [-0.3, -0.25) is 9.36 Å². The second-order valence-corrected chi connectivity index (χ2v) is 25.6. The van der Waals surface area contributed by atoms with Crippen molar-refractivity contribution < 1.29 is 32.9 Å². The molecule has 0 bridgehead atoms. The van der Waals surface area contributed by atoms with Crippen molar-refractivity contribution in [3.05, 3.63) is 12.2 Å². The standard InChI is InChI=1S/C65H131N2O6P/c1-6-8-10-12-14-16-18-20-22-24-26-28-30-32-33-34-35-37-39-41-43-45-47-49-51-53-55-57-59-65(69)66-63(62-73-74(70,71)72-61-60-67(3,4)5)64(68)58-56-54-52-50-48-46-44-42-40-38-36-31-29-27-25-23-21-19-17-15-13-11-9-7-2/h56,58,63-64,68H,6-55,57,59-62H2,1-5H3,(H-,66,69,70,71)/b58-56+. The molecule has 0 aromatic heterocycles. The smallest absolute Gasteiger partial charge is 0.268 e. The van der Waals surface area contributed by atoms with Gasteiger partial charge in [-0.25, -0.2) is 0 Å². The highest BCUT2D eigenvalue weighted by molar-refractivity contribution is 7.45. The number of carbonyl (C=O) groups is 1. The van der Waals surface area contributed by atoms with Gasteiger partial charge in [-0.15, -0.1) is 0 Å². The number of hydrogen-bond acceptors (Lipinski definition) is 6. The number of aliphatic hydroxyl groups excluding tert-OH is 1. The van der Waals surface area contributed by atoms with Gasteiger partial charge in [0.2, 0.25) is 5.91 Å². The third kappa shape index (κ3) is 58.9. The zero-order valence-corrected chi connectivity index (χ0v) is 51.5. The molecule has 0 aromatic rings. The van der Waals surface area contributed by atoms with Gasteiger partial charge in [0.1, 0.15) is 13.2 Å². The predicted octanol–water partition coefficient (Wildman–Crippen LogP) is 19.9. The van der Waals surface area contributed by atoms with E-state index >= 15 is 0 Å². The van der Waals surface area contributed by atoms with Gasteiger partial charge in [0, 0.05) is 6.42 Å². The molecule has 9 heteroatoms. The largest absolute Gasteiger partial charge is 0.756 e. The van der Waals surface area contributed by atoms with Crippen LogP contribution in [-0.4, -0.2) is 68.5 Å². The fourth-order valence-corrected chi connectivity index (χ4v) is 11.1. The predicted molar refractivity (Wildman–Crippen MR) is 321 cm³/mol. The lowest BCUT2D eigenvalue weighted by Gasteiger charge is -2.29. The number of rotatable bonds is 62. The lowest BCUT2D eigenvalue weighted by molar-refractivity contribution is -0.870. The molecule has 0 heterocycles. The van der Waals surface area contributed by atoms with Gasteiger partial charge in [0.05, 0.1) is 39.9 Å². The van der Waals surface area contributed by atoms with Crippen LogP contribution in [0.1, 0.15) is 348 Å². The number of phosphoric acid groups is 1. The van der Waals surface area contributed by atoms with Gasteiger partial charge < -0.3 is 28.8 Å². The van der Waals surface area contributed by atoms with E-state index in [1.54, 1.807) is 6.08 Å². The topological polar surface area (TPSA) is 108 Å². The van der Waals surface area contributed by atoms with E-state index in [-0.39, 0.29) is 19.1 Å². The Bertz CT molecular complexity index is 1210. The Morgan fingerprint density at radius 2 is 0.730 bits per heavy atom. The molecule has 442 valence electrons. The zero-order valence-electron chi connectivity index (χ0n) is 50.6. The molecule has 0 aliphatic carbocycles. The molecular formula is C65H131N2O6P. The second kappa shape index (κ2) is 56.9. The molecule has 2 N–H and O–H groups in total. The van der Waals surface area contributed by atoms with Gasteiger partial charge in [0.15, 0.2) is 0 Å².